The summed E-state index contributed by atoms with van der Waals surface area (Å²) < 4.78 is 0. The summed E-state index contributed by atoms with van der Waals surface area (Å²) in [5.41, 5.74) is 0.959. The van der Waals surface area contributed by atoms with E-state index >= 15 is 0 Å². The van der Waals surface area contributed by atoms with Crippen LogP contribution in [0.15, 0.2) is 24.3 Å². The van der Waals surface area contributed by atoms with Crippen LogP contribution in [0.3, 0.4) is 0 Å². The van der Waals surface area contributed by atoms with E-state index in [1.54, 1.807) is 23.1 Å². The quantitative estimate of drug-likeness (QED) is 0.760. The molecule has 0 unspecified atom stereocenters. The molecular weight excluding hydrogens is 220 g/mol. The van der Waals surface area contributed by atoms with Gasteiger partial charge in [0.1, 0.15) is 12.4 Å². The number of carbonyl (C=O) groups is 1. The van der Waals surface area contributed by atoms with Crippen molar-refractivity contribution in [2.75, 3.05) is 37.7 Å². The van der Waals surface area contributed by atoms with Crippen LogP contribution in [0.4, 0.5) is 5.69 Å². The Bertz CT molecular complexity index is 400. The van der Waals surface area contributed by atoms with Gasteiger partial charge < -0.3 is 20.0 Å². The van der Waals surface area contributed by atoms with Crippen molar-refractivity contribution >= 4 is 11.6 Å². The Morgan fingerprint density at radius 1 is 1.24 bits per heavy atom. The van der Waals surface area contributed by atoms with Crippen molar-refractivity contribution in [3.05, 3.63) is 24.3 Å². The number of piperazine rings is 1. The first-order valence-corrected chi connectivity index (χ1v) is 5.63. The molecule has 0 radical (unpaired) electrons. The summed E-state index contributed by atoms with van der Waals surface area (Å²) >= 11 is 0. The lowest BCUT2D eigenvalue weighted by Gasteiger charge is -2.35. The third kappa shape index (κ3) is 2.68. The minimum absolute atomic E-state index is 0.222. The average Bonchev–Trinajstić information content (AvgIpc) is 2.38. The number of aromatic hydroxyl groups is 1. The Balaban J connectivity index is 1.97. The summed E-state index contributed by atoms with van der Waals surface area (Å²) in [6, 6.07) is 7.08. The molecule has 0 bridgehead atoms. The molecule has 1 aliphatic rings. The summed E-state index contributed by atoms with van der Waals surface area (Å²) in [7, 11) is 0. The number of phenols is 1. The van der Waals surface area contributed by atoms with Gasteiger partial charge in [0.25, 0.3) is 0 Å². The highest BCUT2D eigenvalue weighted by atomic mass is 16.3. The molecule has 1 fully saturated rings. The highest BCUT2D eigenvalue weighted by Gasteiger charge is 2.20. The van der Waals surface area contributed by atoms with Gasteiger partial charge in [-0.25, -0.2) is 0 Å². The van der Waals surface area contributed by atoms with Crippen LogP contribution in [-0.4, -0.2) is 53.8 Å². The van der Waals surface area contributed by atoms with Gasteiger partial charge in [0.15, 0.2) is 0 Å². The summed E-state index contributed by atoms with van der Waals surface area (Å²) in [6.07, 6.45) is 0. The zero-order valence-electron chi connectivity index (χ0n) is 9.54. The fourth-order valence-electron chi connectivity index (χ4n) is 2.00. The van der Waals surface area contributed by atoms with Gasteiger partial charge in [0.05, 0.1) is 0 Å². The van der Waals surface area contributed by atoms with Crippen molar-refractivity contribution in [1.82, 2.24) is 4.90 Å². The molecule has 0 atom stereocenters. The number of anilines is 1. The second kappa shape index (κ2) is 5.05. The van der Waals surface area contributed by atoms with Gasteiger partial charge >= 0.3 is 0 Å². The number of aliphatic hydroxyl groups excluding tert-OH is 1. The van der Waals surface area contributed by atoms with E-state index in [2.05, 4.69) is 4.90 Å². The predicted molar refractivity (Wildman–Crippen MR) is 64.0 cm³/mol. The summed E-state index contributed by atoms with van der Waals surface area (Å²) in [5.74, 6) is 0.0249. The van der Waals surface area contributed by atoms with Crippen LogP contribution >= 0.6 is 0 Å². The fraction of sp³-hybridized carbons (Fsp3) is 0.417. The largest absolute Gasteiger partial charge is 0.508 e. The molecular formula is C12H16N2O3. The zero-order valence-corrected chi connectivity index (χ0v) is 9.54. The standard InChI is InChI=1S/C12H16N2O3/c15-9-12(17)14-6-4-13(5-7-14)10-2-1-3-11(16)8-10/h1-3,8,15-16H,4-7,9H2. The highest BCUT2D eigenvalue weighted by Crippen LogP contribution is 2.21. The van der Waals surface area contributed by atoms with Crippen molar-refractivity contribution in [3.63, 3.8) is 0 Å². The lowest BCUT2D eigenvalue weighted by Crippen LogP contribution is -2.49. The molecule has 0 aromatic heterocycles. The molecule has 1 aliphatic heterocycles. The van der Waals surface area contributed by atoms with E-state index in [0.717, 1.165) is 18.8 Å². The molecule has 1 heterocycles. The van der Waals surface area contributed by atoms with Crippen molar-refractivity contribution in [1.29, 1.82) is 0 Å². The van der Waals surface area contributed by atoms with E-state index < -0.39 is 6.61 Å². The van der Waals surface area contributed by atoms with Gasteiger partial charge in [0, 0.05) is 37.9 Å². The van der Waals surface area contributed by atoms with Crippen molar-refractivity contribution < 1.29 is 15.0 Å². The lowest BCUT2D eigenvalue weighted by molar-refractivity contribution is -0.134. The first kappa shape index (κ1) is 11.7. The number of rotatable bonds is 2. The van der Waals surface area contributed by atoms with Crippen LogP contribution < -0.4 is 4.90 Å². The van der Waals surface area contributed by atoms with Crippen LogP contribution in [0.5, 0.6) is 5.75 Å². The van der Waals surface area contributed by atoms with Crippen molar-refractivity contribution in [3.8, 4) is 5.75 Å². The molecule has 92 valence electrons. The summed E-state index contributed by atoms with van der Waals surface area (Å²) in [6.45, 7) is 2.22. The Kier molecular flexibility index (Phi) is 3.49. The smallest absolute Gasteiger partial charge is 0.248 e. The number of phenolic OH excluding ortho intramolecular Hbond substituents is 1. The van der Waals surface area contributed by atoms with Gasteiger partial charge in [-0.1, -0.05) is 6.07 Å². The molecule has 1 amide bonds. The third-order valence-corrected chi connectivity index (χ3v) is 2.96. The van der Waals surface area contributed by atoms with E-state index in [4.69, 9.17) is 5.11 Å². The Hall–Kier alpha value is -1.75. The number of nitrogens with zero attached hydrogens (tertiary/aromatic N) is 2. The molecule has 0 saturated carbocycles. The number of benzene rings is 1. The van der Waals surface area contributed by atoms with Crippen molar-refractivity contribution in [2.24, 2.45) is 0 Å². The number of hydrogen-bond acceptors (Lipinski definition) is 4. The lowest BCUT2D eigenvalue weighted by atomic mass is 10.2. The Morgan fingerprint density at radius 3 is 2.53 bits per heavy atom. The van der Waals surface area contributed by atoms with Gasteiger partial charge in [0.2, 0.25) is 5.91 Å². The predicted octanol–water partition coefficient (Wildman–Crippen LogP) is 0.0331. The Labute approximate surface area is 99.9 Å². The zero-order chi connectivity index (χ0) is 12.3. The molecule has 5 heteroatoms. The monoisotopic (exact) mass is 236 g/mol. The Morgan fingerprint density at radius 2 is 1.94 bits per heavy atom. The van der Waals surface area contributed by atoms with Gasteiger partial charge in [-0.05, 0) is 12.1 Å². The molecule has 0 spiro atoms. The number of hydrogen-bond donors (Lipinski definition) is 2. The highest BCUT2D eigenvalue weighted by molar-refractivity contribution is 5.77. The summed E-state index contributed by atoms with van der Waals surface area (Å²) in [5, 5.41) is 18.2. The molecule has 1 saturated heterocycles. The summed E-state index contributed by atoms with van der Waals surface area (Å²) in [4.78, 5) is 15.0. The van der Waals surface area contributed by atoms with Crippen LogP contribution in [-0.2, 0) is 4.79 Å². The molecule has 17 heavy (non-hydrogen) atoms. The minimum atomic E-state index is -0.424. The molecule has 1 aromatic carbocycles. The van der Waals surface area contributed by atoms with E-state index in [1.807, 2.05) is 6.07 Å². The SMILES string of the molecule is O=C(CO)N1CCN(c2cccc(O)c2)CC1. The maximum atomic E-state index is 11.3. The maximum Gasteiger partial charge on any atom is 0.248 e. The average molecular weight is 236 g/mol. The van der Waals surface area contributed by atoms with Gasteiger partial charge in [-0.2, -0.15) is 0 Å². The first-order valence-electron chi connectivity index (χ1n) is 5.63. The second-order valence-corrected chi connectivity index (χ2v) is 4.05. The van der Waals surface area contributed by atoms with Crippen molar-refractivity contribution in [2.45, 2.75) is 0 Å². The molecule has 0 aliphatic carbocycles. The van der Waals surface area contributed by atoms with Crippen LogP contribution in [0, 0.1) is 0 Å². The van der Waals surface area contributed by atoms with E-state index in [9.17, 15) is 9.90 Å². The van der Waals surface area contributed by atoms with Gasteiger partial charge in [-0.3, -0.25) is 4.79 Å². The molecule has 5 nitrogen and oxygen atoms in total. The van der Waals surface area contributed by atoms with E-state index in [1.165, 1.54) is 0 Å². The van der Waals surface area contributed by atoms with Crippen LogP contribution in [0.25, 0.3) is 0 Å². The van der Waals surface area contributed by atoms with E-state index in [0.29, 0.717) is 13.1 Å². The molecule has 2 N–H and O–H groups in total. The second-order valence-electron chi connectivity index (χ2n) is 4.05. The number of amides is 1. The van der Waals surface area contributed by atoms with Crippen LogP contribution in [0.1, 0.15) is 0 Å². The third-order valence-electron chi connectivity index (χ3n) is 2.96. The van der Waals surface area contributed by atoms with Crippen LogP contribution in [0.2, 0.25) is 0 Å². The topological polar surface area (TPSA) is 64.0 Å². The molecule has 1 aromatic rings. The number of aliphatic hydroxyl groups is 1. The molecule has 2 rings (SSSR count). The van der Waals surface area contributed by atoms with E-state index in [-0.39, 0.29) is 11.7 Å². The number of carbonyl (C=O) groups excluding carboxylic acids is 1. The minimum Gasteiger partial charge on any atom is -0.508 e. The normalized spacial score (nSPS) is 16.1. The first-order chi connectivity index (χ1) is 8.20. The maximum absolute atomic E-state index is 11.3. The van der Waals surface area contributed by atoms with Gasteiger partial charge in [-0.15, -0.1) is 0 Å². The fourth-order valence-corrected chi connectivity index (χ4v) is 2.00.